The van der Waals surface area contributed by atoms with E-state index in [1.165, 1.54) is 0 Å². The van der Waals surface area contributed by atoms with Crippen molar-refractivity contribution in [3.8, 4) is 0 Å². The van der Waals surface area contributed by atoms with E-state index in [-0.39, 0.29) is 12.1 Å². The molecule has 9 nitrogen and oxygen atoms in total. The van der Waals surface area contributed by atoms with Crippen LogP contribution in [-0.4, -0.2) is 34.1 Å². The van der Waals surface area contributed by atoms with Crippen molar-refractivity contribution in [1.82, 2.24) is 15.5 Å². The lowest BCUT2D eigenvalue weighted by Gasteiger charge is -2.27. The first kappa shape index (κ1) is 23.7. The van der Waals surface area contributed by atoms with Crippen LogP contribution in [0.1, 0.15) is 58.9 Å². The molecule has 0 unspecified atom stereocenters. The van der Waals surface area contributed by atoms with Crippen LogP contribution in [0.15, 0.2) is 18.2 Å². The maximum Gasteiger partial charge on any atom is 0.227 e. The van der Waals surface area contributed by atoms with Crippen LogP contribution in [0.4, 0.5) is 29.0 Å². The highest BCUT2D eigenvalue weighted by molar-refractivity contribution is 6.33. The third-order valence-corrected chi connectivity index (χ3v) is 6.55. The minimum atomic E-state index is 0.210. The number of hydrogen-bond acceptors (Lipinski definition) is 9. The van der Waals surface area contributed by atoms with E-state index in [9.17, 15) is 0 Å². The van der Waals surface area contributed by atoms with E-state index in [1.54, 1.807) is 0 Å². The topological polar surface area (TPSA) is 120 Å². The van der Waals surface area contributed by atoms with Crippen molar-refractivity contribution < 1.29 is 0 Å². The van der Waals surface area contributed by atoms with Gasteiger partial charge in [0, 0.05) is 30.7 Å². The molecule has 7 N–H and O–H groups in total. The molecule has 0 amide bonds. The molecule has 1 saturated carbocycles. The Hall–Kier alpha value is -2.49. The molecule has 1 fully saturated rings. The van der Waals surface area contributed by atoms with Crippen LogP contribution in [0.5, 0.6) is 0 Å². The second kappa shape index (κ2) is 9.79. The molecule has 1 aliphatic carbocycles. The second-order valence-corrected chi connectivity index (χ2v) is 9.97. The van der Waals surface area contributed by atoms with Crippen molar-refractivity contribution in [2.75, 3.05) is 26.4 Å². The Morgan fingerprint density at radius 1 is 1.09 bits per heavy atom. The fraction of sp³-hybridized carbons (Fsp3) is 0.565. The Labute approximate surface area is 201 Å². The highest BCUT2D eigenvalue weighted by Gasteiger charge is 2.35. The van der Waals surface area contributed by atoms with Crippen LogP contribution < -0.4 is 37.7 Å². The quantitative estimate of drug-likeness (QED) is 0.381. The van der Waals surface area contributed by atoms with E-state index in [1.807, 2.05) is 18.2 Å². The molecular formula is C23H36ClN9. The molecule has 0 atom stereocenters. The Morgan fingerprint density at radius 3 is 2.42 bits per heavy atom. The average Bonchev–Trinajstić information content (AvgIpc) is 3.16. The van der Waals surface area contributed by atoms with Crippen molar-refractivity contribution in [1.29, 1.82) is 0 Å². The summed E-state index contributed by atoms with van der Waals surface area (Å²) in [6.07, 6.45) is 4.09. The zero-order valence-corrected chi connectivity index (χ0v) is 20.7. The van der Waals surface area contributed by atoms with Gasteiger partial charge in [-0.15, -0.1) is 5.53 Å². The first-order valence-corrected chi connectivity index (χ1v) is 12.2. The average molecular weight is 474 g/mol. The zero-order chi connectivity index (χ0) is 23.7. The number of rotatable bonds is 7. The number of anilines is 5. The molecule has 1 aromatic carbocycles. The Morgan fingerprint density at radius 2 is 1.79 bits per heavy atom. The lowest BCUT2D eigenvalue weighted by Crippen LogP contribution is -2.50. The highest BCUT2D eigenvalue weighted by atomic mass is 35.5. The summed E-state index contributed by atoms with van der Waals surface area (Å²) in [6.45, 7) is 9.13. The Kier molecular flexibility index (Phi) is 7.02. The number of fused-ring (bicyclic) bond motifs is 1. The van der Waals surface area contributed by atoms with Gasteiger partial charge in [0.2, 0.25) is 5.95 Å². The highest BCUT2D eigenvalue weighted by Crippen LogP contribution is 2.40. The smallest absolute Gasteiger partial charge is 0.227 e. The fourth-order valence-electron chi connectivity index (χ4n) is 4.30. The summed E-state index contributed by atoms with van der Waals surface area (Å²) in [5.41, 5.74) is 18.1. The minimum absolute atomic E-state index is 0.210. The van der Waals surface area contributed by atoms with Gasteiger partial charge in [-0.2, -0.15) is 9.97 Å². The molecular weight excluding hydrogens is 438 g/mol. The maximum absolute atomic E-state index is 6.09. The van der Waals surface area contributed by atoms with Crippen molar-refractivity contribution in [3.05, 3.63) is 28.8 Å². The summed E-state index contributed by atoms with van der Waals surface area (Å²) >= 11 is 6.09. The van der Waals surface area contributed by atoms with Crippen LogP contribution in [-0.2, 0) is 6.54 Å². The van der Waals surface area contributed by atoms with E-state index < -0.39 is 0 Å². The summed E-state index contributed by atoms with van der Waals surface area (Å²) < 4.78 is 0. The van der Waals surface area contributed by atoms with Crippen molar-refractivity contribution in [2.45, 2.75) is 84.1 Å². The van der Waals surface area contributed by atoms with E-state index in [2.05, 4.69) is 53.9 Å². The summed E-state index contributed by atoms with van der Waals surface area (Å²) in [5.74, 6) is 2.26. The van der Waals surface area contributed by atoms with E-state index in [0.717, 1.165) is 48.6 Å². The monoisotopic (exact) mass is 473 g/mol. The van der Waals surface area contributed by atoms with Gasteiger partial charge in [0.15, 0.2) is 11.6 Å². The first-order valence-electron chi connectivity index (χ1n) is 11.8. The van der Waals surface area contributed by atoms with Crippen LogP contribution >= 0.6 is 11.6 Å². The standard InChI is InChI=1S/C23H36ClN9/c1-13(2)32-20-21(27-12-15-5-10-18(24)19(26)11-15)29-23(28-17-8-6-16(25)7-9-17)30-22(20)33(31-32)14(3)4/h5,10-11,13-14,16-17,31H,6-9,12,25-26H2,1-4H3,(H2,27,28,29,30). The third kappa shape index (κ3) is 5.20. The summed E-state index contributed by atoms with van der Waals surface area (Å²) in [7, 11) is 0. The number of nitrogen functional groups attached to an aromatic ring is 1. The van der Waals surface area contributed by atoms with Crippen LogP contribution in [0.3, 0.4) is 0 Å². The largest absolute Gasteiger partial charge is 0.398 e. The SMILES string of the molecule is CC(C)N1NN(C(C)C)c2c(NCc3ccc(Cl)c(N)c3)nc(NC3CCC(N)CC3)nc21. The van der Waals surface area contributed by atoms with Gasteiger partial charge in [0.05, 0.1) is 10.7 Å². The number of hydrogen-bond donors (Lipinski definition) is 5. The summed E-state index contributed by atoms with van der Waals surface area (Å²) in [5, 5.41) is 11.8. The van der Waals surface area contributed by atoms with Gasteiger partial charge < -0.3 is 22.1 Å². The molecule has 10 heteroatoms. The van der Waals surface area contributed by atoms with Gasteiger partial charge in [-0.25, -0.2) is 0 Å². The fourth-order valence-corrected chi connectivity index (χ4v) is 4.42. The van der Waals surface area contributed by atoms with Gasteiger partial charge in [0.25, 0.3) is 0 Å². The summed E-state index contributed by atoms with van der Waals surface area (Å²) in [6, 6.07) is 6.73. The molecule has 2 heterocycles. The Bertz CT molecular complexity index is 973. The van der Waals surface area contributed by atoms with Crippen LogP contribution in [0.2, 0.25) is 5.02 Å². The predicted octanol–water partition coefficient (Wildman–Crippen LogP) is 3.87. The van der Waals surface area contributed by atoms with Gasteiger partial charge in [0.1, 0.15) is 5.69 Å². The molecule has 0 saturated heterocycles. The molecule has 0 bridgehead atoms. The van der Waals surface area contributed by atoms with Gasteiger partial charge in [-0.3, -0.25) is 10.0 Å². The molecule has 2 aromatic rings. The predicted molar refractivity (Wildman–Crippen MR) is 137 cm³/mol. The number of hydrazine groups is 2. The van der Waals surface area contributed by atoms with Crippen molar-refractivity contribution >= 4 is 40.6 Å². The zero-order valence-electron chi connectivity index (χ0n) is 19.9. The van der Waals surface area contributed by atoms with Crippen molar-refractivity contribution in [3.63, 3.8) is 0 Å². The first-order chi connectivity index (χ1) is 15.7. The number of nitrogens with one attached hydrogen (secondary N) is 3. The lowest BCUT2D eigenvalue weighted by molar-refractivity contribution is 0.410. The maximum atomic E-state index is 6.09. The van der Waals surface area contributed by atoms with Gasteiger partial charge >= 0.3 is 0 Å². The minimum Gasteiger partial charge on any atom is -0.398 e. The lowest BCUT2D eigenvalue weighted by atomic mass is 9.92. The molecule has 180 valence electrons. The molecule has 4 rings (SSSR count). The number of nitrogens with two attached hydrogens (primary N) is 2. The molecule has 1 aromatic heterocycles. The number of benzene rings is 1. The molecule has 0 radical (unpaired) electrons. The number of aromatic nitrogens is 2. The van der Waals surface area contributed by atoms with Gasteiger partial charge in [-0.1, -0.05) is 17.7 Å². The Balaban J connectivity index is 1.66. The normalized spacial score (nSPS) is 20.5. The molecule has 0 spiro atoms. The van der Waals surface area contributed by atoms with Crippen LogP contribution in [0.25, 0.3) is 0 Å². The molecule has 2 aliphatic rings. The van der Waals surface area contributed by atoms with E-state index >= 15 is 0 Å². The second-order valence-electron chi connectivity index (χ2n) is 9.56. The molecule has 1 aliphatic heterocycles. The van der Waals surface area contributed by atoms with E-state index in [4.69, 9.17) is 33.0 Å². The third-order valence-electron chi connectivity index (χ3n) is 6.21. The van der Waals surface area contributed by atoms with E-state index in [0.29, 0.717) is 35.3 Å². The van der Waals surface area contributed by atoms with Crippen molar-refractivity contribution in [2.24, 2.45) is 5.73 Å². The molecule has 33 heavy (non-hydrogen) atoms. The van der Waals surface area contributed by atoms with Gasteiger partial charge in [-0.05, 0) is 71.1 Å². The summed E-state index contributed by atoms with van der Waals surface area (Å²) in [4.78, 5) is 9.84. The van der Waals surface area contributed by atoms with Crippen LogP contribution in [0, 0.1) is 0 Å². The number of halogens is 1. The number of nitrogens with zero attached hydrogens (tertiary/aromatic N) is 4.